The summed E-state index contributed by atoms with van der Waals surface area (Å²) in [7, 11) is 1.68. The Kier molecular flexibility index (Phi) is 2.98. The lowest BCUT2D eigenvalue weighted by Crippen LogP contribution is -2.53. The highest BCUT2D eigenvalue weighted by molar-refractivity contribution is 5.81. The van der Waals surface area contributed by atoms with Gasteiger partial charge in [0, 0.05) is 19.1 Å². The van der Waals surface area contributed by atoms with Crippen LogP contribution < -0.4 is 5.32 Å². The van der Waals surface area contributed by atoms with Crippen LogP contribution in [0.4, 0.5) is 0 Å². The van der Waals surface area contributed by atoms with E-state index in [1.165, 1.54) is 0 Å². The Hall–Kier alpha value is -0.610. The third-order valence-electron chi connectivity index (χ3n) is 3.84. The summed E-state index contributed by atoms with van der Waals surface area (Å²) in [6, 6.07) is 0.761. The molecule has 3 unspecified atom stereocenters. The van der Waals surface area contributed by atoms with Gasteiger partial charge in [-0.2, -0.15) is 0 Å². The Labute approximate surface area is 90.6 Å². The van der Waals surface area contributed by atoms with Crippen molar-refractivity contribution in [3.8, 4) is 0 Å². The first-order chi connectivity index (χ1) is 7.13. The van der Waals surface area contributed by atoms with Crippen molar-refractivity contribution in [3.63, 3.8) is 0 Å². The molecule has 2 aliphatic heterocycles. The minimum atomic E-state index is -0.157. The molecular weight excluding hydrogens is 192 g/mol. The fourth-order valence-electron chi connectivity index (χ4n) is 3.16. The second kappa shape index (κ2) is 4.10. The number of hydrogen-bond acceptors (Lipinski definition) is 3. The van der Waals surface area contributed by atoms with Crippen molar-refractivity contribution >= 4 is 5.91 Å². The number of aliphatic hydroxyl groups is 1. The lowest BCUT2D eigenvalue weighted by Gasteiger charge is -2.40. The molecule has 2 aliphatic rings. The largest absolute Gasteiger partial charge is 0.393 e. The highest BCUT2D eigenvalue weighted by Gasteiger charge is 2.43. The van der Waals surface area contributed by atoms with Gasteiger partial charge in [0.25, 0.3) is 0 Å². The van der Waals surface area contributed by atoms with Gasteiger partial charge in [0.2, 0.25) is 5.91 Å². The summed E-state index contributed by atoms with van der Waals surface area (Å²) in [6.45, 7) is 1.96. The van der Waals surface area contributed by atoms with Crippen LogP contribution in [0.1, 0.15) is 32.6 Å². The predicted molar refractivity (Wildman–Crippen MR) is 57.4 cm³/mol. The van der Waals surface area contributed by atoms with Crippen molar-refractivity contribution in [2.75, 3.05) is 7.05 Å². The number of carbonyl (C=O) groups is 1. The Morgan fingerprint density at radius 3 is 2.40 bits per heavy atom. The molecule has 0 saturated carbocycles. The number of rotatable bonds is 2. The summed E-state index contributed by atoms with van der Waals surface area (Å²) in [5.41, 5.74) is 0. The van der Waals surface area contributed by atoms with Gasteiger partial charge in [-0.15, -0.1) is 0 Å². The SMILES string of the molecule is CNC(=O)C(C)N1C2CCC1CC(O)C2. The maximum Gasteiger partial charge on any atom is 0.236 e. The molecule has 2 saturated heterocycles. The van der Waals surface area contributed by atoms with Gasteiger partial charge in [0.05, 0.1) is 12.1 Å². The van der Waals surface area contributed by atoms with E-state index in [-0.39, 0.29) is 18.1 Å². The molecule has 86 valence electrons. The van der Waals surface area contributed by atoms with Crippen LogP contribution in [0.15, 0.2) is 0 Å². The number of piperidine rings is 1. The third kappa shape index (κ3) is 1.88. The smallest absolute Gasteiger partial charge is 0.236 e. The first-order valence-electron chi connectivity index (χ1n) is 5.80. The molecule has 15 heavy (non-hydrogen) atoms. The molecule has 1 amide bonds. The summed E-state index contributed by atoms with van der Waals surface area (Å²) >= 11 is 0. The van der Waals surface area contributed by atoms with E-state index in [9.17, 15) is 9.90 Å². The lowest BCUT2D eigenvalue weighted by molar-refractivity contribution is -0.128. The third-order valence-corrected chi connectivity index (χ3v) is 3.84. The van der Waals surface area contributed by atoms with Crippen LogP contribution in [0.25, 0.3) is 0 Å². The monoisotopic (exact) mass is 212 g/mol. The standard InChI is InChI=1S/C11H20N2O2/c1-7(11(15)12-2)13-8-3-4-9(13)6-10(14)5-8/h7-10,14H,3-6H2,1-2H3,(H,12,15). The highest BCUT2D eigenvalue weighted by atomic mass is 16.3. The van der Waals surface area contributed by atoms with Gasteiger partial charge in [0.15, 0.2) is 0 Å². The number of nitrogens with zero attached hydrogens (tertiary/aromatic N) is 1. The van der Waals surface area contributed by atoms with Gasteiger partial charge < -0.3 is 10.4 Å². The number of hydrogen-bond donors (Lipinski definition) is 2. The van der Waals surface area contributed by atoms with Crippen molar-refractivity contribution in [2.24, 2.45) is 0 Å². The van der Waals surface area contributed by atoms with Gasteiger partial charge >= 0.3 is 0 Å². The molecule has 0 aromatic carbocycles. The zero-order chi connectivity index (χ0) is 11.0. The number of nitrogens with one attached hydrogen (secondary N) is 1. The quantitative estimate of drug-likeness (QED) is 0.683. The topological polar surface area (TPSA) is 52.6 Å². The second-order valence-electron chi connectivity index (χ2n) is 4.75. The molecule has 2 fully saturated rings. The minimum absolute atomic E-state index is 0.0556. The van der Waals surface area contributed by atoms with E-state index in [4.69, 9.17) is 0 Å². The number of carbonyl (C=O) groups excluding carboxylic acids is 1. The Bertz CT molecular complexity index is 243. The molecule has 0 aromatic rings. The molecule has 0 spiro atoms. The molecule has 2 N–H and O–H groups in total. The van der Waals surface area contributed by atoms with Crippen molar-refractivity contribution in [3.05, 3.63) is 0 Å². The number of fused-ring (bicyclic) bond motifs is 2. The number of amides is 1. The summed E-state index contributed by atoms with van der Waals surface area (Å²) in [5.74, 6) is 0.0864. The summed E-state index contributed by atoms with van der Waals surface area (Å²) in [6.07, 6.45) is 3.76. The number of likely N-dealkylation sites (N-methyl/N-ethyl adjacent to an activating group) is 1. The first kappa shape index (κ1) is 10.9. The Balaban J connectivity index is 2.07. The van der Waals surface area contributed by atoms with E-state index in [0.29, 0.717) is 12.1 Å². The van der Waals surface area contributed by atoms with Crippen LogP contribution in [0.3, 0.4) is 0 Å². The predicted octanol–water partition coefficient (Wildman–Crippen LogP) is 0.109. The van der Waals surface area contributed by atoms with Gasteiger partial charge in [-0.1, -0.05) is 0 Å². The van der Waals surface area contributed by atoms with Gasteiger partial charge in [-0.25, -0.2) is 0 Å². The van der Waals surface area contributed by atoms with Crippen molar-refractivity contribution < 1.29 is 9.90 Å². The zero-order valence-corrected chi connectivity index (χ0v) is 9.44. The summed E-state index contributed by atoms with van der Waals surface area (Å²) in [5, 5.41) is 12.4. The molecule has 4 nitrogen and oxygen atoms in total. The van der Waals surface area contributed by atoms with Crippen molar-refractivity contribution in [2.45, 2.75) is 56.8 Å². The van der Waals surface area contributed by atoms with Gasteiger partial charge in [-0.3, -0.25) is 9.69 Å². The van der Waals surface area contributed by atoms with Crippen molar-refractivity contribution in [1.29, 1.82) is 0 Å². The van der Waals surface area contributed by atoms with Gasteiger partial charge in [0.1, 0.15) is 0 Å². The van der Waals surface area contributed by atoms with E-state index in [2.05, 4.69) is 10.2 Å². The molecule has 0 radical (unpaired) electrons. The first-order valence-corrected chi connectivity index (χ1v) is 5.80. The lowest BCUT2D eigenvalue weighted by atomic mass is 9.98. The van der Waals surface area contributed by atoms with Crippen LogP contribution >= 0.6 is 0 Å². The van der Waals surface area contributed by atoms with E-state index in [1.807, 2.05) is 6.92 Å². The van der Waals surface area contributed by atoms with Crippen molar-refractivity contribution in [1.82, 2.24) is 10.2 Å². The fraction of sp³-hybridized carbons (Fsp3) is 0.909. The maximum absolute atomic E-state index is 11.6. The van der Waals surface area contributed by atoms with E-state index < -0.39 is 0 Å². The second-order valence-corrected chi connectivity index (χ2v) is 4.75. The van der Waals surface area contributed by atoms with Crippen LogP contribution in [-0.2, 0) is 4.79 Å². The van der Waals surface area contributed by atoms with Crippen LogP contribution in [-0.4, -0.2) is 47.2 Å². The molecule has 0 aromatic heterocycles. The molecule has 4 heteroatoms. The average molecular weight is 212 g/mol. The van der Waals surface area contributed by atoms with Crippen LogP contribution in [0, 0.1) is 0 Å². The van der Waals surface area contributed by atoms with E-state index >= 15 is 0 Å². The molecule has 2 rings (SSSR count). The highest BCUT2D eigenvalue weighted by Crippen LogP contribution is 2.37. The van der Waals surface area contributed by atoms with Crippen LogP contribution in [0.2, 0.25) is 0 Å². The number of aliphatic hydroxyl groups excluding tert-OH is 1. The molecule has 0 aliphatic carbocycles. The normalized spacial score (nSPS) is 37.7. The minimum Gasteiger partial charge on any atom is -0.393 e. The maximum atomic E-state index is 11.6. The molecule has 2 bridgehead atoms. The zero-order valence-electron chi connectivity index (χ0n) is 9.44. The van der Waals surface area contributed by atoms with Crippen LogP contribution in [0.5, 0.6) is 0 Å². The summed E-state index contributed by atoms with van der Waals surface area (Å²) in [4.78, 5) is 13.9. The Morgan fingerprint density at radius 2 is 1.93 bits per heavy atom. The fourth-order valence-corrected chi connectivity index (χ4v) is 3.16. The Morgan fingerprint density at radius 1 is 1.40 bits per heavy atom. The van der Waals surface area contributed by atoms with Gasteiger partial charge in [-0.05, 0) is 32.6 Å². The summed E-state index contributed by atoms with van der Waals surface area (Å²) < 4.78 is 0. The average Bonchev–Trinajstić information content (AvgIpc) is 2.49. The molecule has 3 atom stereocenters. The molecular formula is C11H20N2O2. The molecule has 2 heterocycles. The van der Waals surface area contributed by atoms with E-state index in [1.54, 1.807) is 7.05 Å². The van der Waals surface area contributed by atoms with E-state index in [0.717, 1.165) is 25.7 Å².